The van der Waals surface area contributed by atoms with Crippen LogP contribution in [0.2, 0.25) is 0 Å². The van der Waals surface area contributed by atoms with Gasteiger partial charge in [-0.2, -0.15) is 0 Å². The number of aliphatic carboxylic acids is 1. The number of aromatic hydroxyl groups is 2. The number of carboxylic acids is 1. The molecule has 0 fully saturated rings. The lowest BCUT2D eigenvalue weighted by atomic mass is 10.0. The third-order valence-corrected chi connectivity index (χ3v) is 2.03. The minimum atomic E-state index is -0.833. The van der Waals surface area contributed by atoms with Crippen LogP contribution in [-0.2, 0) is 4.79 Å². The lowest BCUT2D eigenvalue weighted by Crippen LogP contribution is -1.85. The number of phenols is 2. The molecule has 0 bridgehead atoms. The van der Waals surface area contributed by atoms with Crippen molar-refractivity contribution in [2.75, 3.05) is 0 Å². The number of rotatable bonds is 0. The van der Waals surface area contributed by atoms with Gasteiger partial charge in [0.15, 0.2) is 0 Å². The van der Waals surface area contributed by atoms with Crippen molar-refractivity contribution in [3.05, 3.63) is 22.8 Å². The van der Waals surface area contributed by atoms with Crippen molar-refractivity contribution in [1.82, 2.24) is 0 Å². The third-order valence-electron chi connectivity index (χ3n) is 2.03. The van der Waals surface area contributed by atoms with Crippen LogP contribution in [0.15, 0.2) is 6.07 Å². The number of carbonyl (C=O) groups is 1. The van der Waals surface area contributed by atoms with Gasteiger partial charge in [0.2, 0.25) is 0 Å². The van der Waals surface area contributed by atoms with Crippen LogP contribution in [0.1, 0.15) is 23.6 Å². The Morgan fingerprint density at radius 1 is 1.13 bits per heavy atom. The number of phenolic OH excluding ortho intramolecular Hbond substituents is 2. The van der Waals surface area contributed by atoms with Crippen LogP contribution in [0.4, 0.5) is 0 Å². The lowest BCUT2D eigenvalue weighted by Gasteiger charge is -2.07. The molecule has 0 aliphatic rings. The van der Waals surface area contributed by atoms with Gasteiger partial charge in [-0.15, -0.1) is 0 Å². The van der Waals surface area contributed by atoms with E-state index in [0.717, 1.165) is 18.1 Å². The molecule has 0 heterocycles. The highest BCUT2D eigenvalue weighted by Crippen LogP contribution is 2.30. The lowest BCUT2D eigenvalue weighted by molar-refractivity contribution is -0.134. The first kappa shape index (κ1) is 13.3. The van der Waals surface area contributed by atoms with E-state index in [0.29, 0.717) is 5.56 Å². The van der Waals surface area contributed by atoms with E-state index in [2.05, 4.69) is 0 Å². The summed E-state index contributed by atoms with van der Waals surface area (Å²) in [5.41, 5.74) is 2.21. The van der Waals surface area contributed by atoms with E-state index in [9.17, 15) is 10.2 Å². The molecule has 0 amide bonds. The van der Waals surface area contributed by atoms with Gasteiger partial charge in [-0.3, -0.25) is 4.79 Å². The molecule has 0 radical (unpaired) electrons. The number of carboxylic acid groups (broad SMARTS) is 1. The van der Waals surface area contributed by atoms with Crippen molar-refractivity contribution in [3.8, 4) is 11.5 Å². The largest absolute Gasteiger partial charge is 0.508 e. The quantitative estimate of drug-likeness (QED) is 0.575. The molecule has 0 aliphatic carbocycles. The van der Waals surface area contributed by atoms with E-state index in [1.54, 1.807) is 26.8 Å². The molecular weight excluding hydrogens is 196 g/mol. The van der Waals surface area contributed by atoms with Crippen LogP contribution in [-0.4, -0.2) is 21.3 Å². The van der Waals surface area contributed by atoms with Crippen molar-refractivity contribution < 1.29 is 20.1 Å². The second-order valence-electron chi connectivity index (χ2n) is 3.33. The van der Waals surface area contributed by atoms with Crippen molar-refractivity contribution in [1.29, 1.82) is 0 Å². The van der Waals surface area contributed by atoms with Crippen molar-refractivity contribution in [3.63, 3.8) is 0 Å². The van der Waals surface area contributed by atoms with Crippen LogP contribution in [0.5, 0.6) is 11.5 Å². The maximum atomic E-state index is 9.40. The van der Waals surface area contributed by atoms with E-state index in [4.69, 9.17) is 9.90 Å². The topological polar surface area (TPSA) is 77.8 Å². The molecule has 1 rings (SSSR count). The summed E-state index contributed by atoms with van der Waals surface area (Å²) < 4.78 is 0. The first-order valence-electron chi connectivity index (χ1n) is 4.45. The van der Waals surface area contributed by atoms with Gasteiger partial charge in [0, 0.05) is 6.92 Å². The molecule has 0 aromatic heterocycles. The second kappa shape index (κ2) is 5.24. The summed E-state index contributed by atoms with van der Waals surface area (Å²) in [4.78, 5) is 9.00. The first-order valence-corrected chi connectivity index (χ1v) is 4.45. The fraction of sp³-hybridized carbons (Fsp3) is 0.364. The maximum absolute atomic E-state index is 9.40. The Labute approximate surface area is 88.8 Å². The van der Waals surface area contributed by atoms with Crippen LogP contribution < -0.4 is 0 Å². The highest BCUT2D eigenvalue weighted by Gasteiger charge is 2.06. The molecule has 3 N–H and O–H groups in total. The fourth-order valence-electron chi connectivity index (χ4n) is 1.05. The van der Waals surface area contributed by atoms with Crippen molar-refractivity contribution >= 4 is 5.97 Å². The van der Waals surface area contributed by atoms with Gasteiger partial charge in [0.25, 0.3) is 5.97 Å². The smallest absolute Gasteiger partial charge is 0.300 e. The Kier molecular flexibility index (Phi) is 4.64. The SMILES string of the molecule is CC(=O)O.Cc1cc(O)c(C)c(C)c1O. The Balaban J connectivity index is 0.000000423. The summed E-state index contributed by atoms with van der Waals surface area (Å²) in [6, 6.07) is 1.57. The highest BCUT2D eigenvalue weighted by atomic mass is 16.4. The van der Waals surface area contributed by atoms with Gasteiger partial charge in [0.1, 0.15) is 11.5 Å². The summed E-state index contributed by atoms with van der Waals surface area (Å²) in [6.45, 7) is 6.42. The molecule has 1 aromatic rings. The van der Waals surface area contributed by atoms with Gasteiger partial charge in [0.05, 0.1) is 0 Å². The van der Waals surface area contributed by atoms with E-state index in [1.807, 2.05) is 0 Å². The van der Waals surface area contributed by atoms with E-state index in [1.165, 1.54) is 0 Å². The van der Waals surface area contributed by atoms with Gasteiger partial charge in [-0.05, 0) is 43.5 Å². The monoisotopic (exact) mass is 212 g/mol. The van der Waals surface area contributed by atoms with Gasteiger partial charge in [-0.1, -0.05) is 0 Å². The molecule has 84 valence electrons. The molecular formula is C11H16O4. The average Bonchev–Trinajstić information content (AvgIpc) is 2.11. The second-order valence-corrected chi connectivity index (χ2v) is 3.33. The molecule has 0 unspecified atom stereocenters. The van der Waals surface area contributed by atoms with Gasteiger partial charge in [-0.25, -0.2) is 0 Å². The third kappa shape index (κ3) is 3.89. The predicted octanol–water partition coefficient (Wildman–Crippen LogP) is 2.11. The molecule has 0 aliphatic heterocycles. The van der Waals surface area contributed by atoms with Crippen LogP contribution >= 0.6 is 0 Å². The number of benzene rings is 1. The Bertz CT molecular complexity index is 339. The molecule has 15 heavy (non-hydrogen) atoms. The molecule has 0 spiro atoms. The highest BCUT2D eigenvalue weighted by molar-refractivity contribution is 5.62. The summed E-state index contributed by atoms with van der Waals surface area (Å²) in [5, 5.41) is 26.1. The molecule has 0 atom stereocenters. The molecule has 1 aromatic carbocycles. The number of aryl methyl sites for hydroxylation is 1. The average molecular weight is 212 g/mol. The Morgan fingerprint density at radius 2 is 1.53 bits per heavy atom. The van der Waals surface area contributed by atoms with E-state index in [-0.39, 0.29) is 11.5 Å². The minimum Gasteiger partial charge on any atom is -0.508 e. The summed E-state index contributed by atoms with van der Waals surface area (Å²) >= 11 is 0. The molecule has 4 nitrogen and oxygen atoms in total. The van der Waals surface area contributed by atoms with Gasteiger partial charge < -0.3 is 15.3 Å². The molecule has 4 heteroatoms. The number of hydrogen-bond acceptors (Lipinski definition) is 3. The van der Waals surface area contributed by atoms with Crippen LogP contribution in [0.25, 0.3) is 0 Å². The zero-order valence-electron chi connectivity index (χ0n) is 9.33. The molecule has 0 saturated carbocycles. The first-order chi connectivity index (χ1) is 6.77. The van der Waals surface area contributed by atoms with E-state index < -0.39 is 5.97 Å². The summed E-state index contributed by atoms with van der Waals surface area (Å²) in [5.74, 6) is -0.307. The van der Waals surface area contributed by atoms with Gasteiger partial charge >= 0.3 is 0 Å². The zero-order valence-corrected chi connectivity index (χ0v) is 9.33. The standard InChI is InChI=1S/C9H12O2.C2H4O2/c1-5-4-8(10)6(2)7(3)9(5)11;1-2(3)4/h4,10-11H,1-3H3;1H3,(H,3,4). The fourth-order valence-corrected chi connectivity index (χ4v) is 1.05. The van der Waals surface area contributed by atoms with Crippen LogP contribution in [0.3, 0.4) is 0 Å². The summed E-state index contributed by atoms with van der Waals surface area (Å²) in [7, 11) is 0. The number of hydrogen-bond donors (Lipinski definition) is 3. The predicted molar refractivity (Wildman–Crippen MR) is 57.3 cm³/mol. The Hall–Kier alpha value is -1.71. The van der Waals surface area contributed by atoms with Crippen LogP contribution in [0, 0.1) is 20.8 Å². The van der Waals surface area contributed by atoms with Crippen molar-refractivity contribution in [2.24, 2.45) is 0 Å². The normalized spacial score (nSPS) is 9.07. The molecule has 0 saturated heterocycles. The maximum Gasteiger partial charge on any atom is 0.300 e. The minimum absolute atomic E-state index is 0.248. The summed E-state index contributed by atoms with van der Waals surface area (Å²) in [6.07, 6.45) is 0. The van der Waals surface area contributed by atoms with Crippen molar-refractivity contribution in [2.45, 2.75) is 27.7 Å². The zero-order chi connectivity index (χ0) is 12.2. The Morgan fingerprint density at radius 3 is 1.93 bits per heavy atom. The van der Waals surface area contributed by atoms with E-state index >= 15 is 0 Å².